The van der Waals surface area contributed by atoms with Crippen molar-refractivity contribution in [1.29, 1.82) is 0 Å². The van der Waals surface area contributed by atoms with Crippen LogP contribution < -0.4 is 9.64 Å². The number of aromatic nitrogens is 1. The van der Waals surface area contributed by atoms with Gasteiger partial charge in [0.05, 0.1) is 6.10 Å². The van der Waals surface area contributed by atoms with Crippen molar-refractivity contribution in [2.24, 2.45) is 0 Å². The molecule has 0 spiro atoms. The predicted octanol–water partition coefficient (Wildman–Crippen LogP) is 5.85. The van der Waals surface area contributed by atoms with Gasteiger partial charge in [0, 0.05) is 54.5 Å². The smallest absolute Gasteiger partial charge is 0.342 e. The average molecular weight is 514 g/mol. The molecule has 8 heteroatoms. The van der Waals surface area contributed by atoms with Crippen molar-refractivity contribution >= 4 is 35.0 Å². The van der Waals surface area contributed by atoms with E-state index in [9.17, 15) is 4.79 Å². The highest BCUT2D eigenvalue weighted by atomic mass is 35.5. The van der Waals surface area contributed by atoms with Crippen LogP contribution in [0, 0.1) is 0 Å². The number of rotatable bonds is 8. The van der Waals surface area contributed by atoms with E-state index >= 15 is 0 Å². The van der Waals surface area contributed by atoms with E-state index < -0.39 is 0 Å². The van der Waals surface area contributed by atoms with Gasteiger partial charge in [-0.3, -0.25) is 4.90 Å². The normalized spacial score (nSPS) is 14.3. The predicted molar refractivity (Wildman–Crippen MR) is 140 cm³/mol. The van der Waals surface area contributed by atoms with E-state index in [2.05, 4.69) is 26.9 Å². The van der Waals surface area contributed by atoms with E-state index in [1.54, 1.807) is 30.5 Å². The van der Waals surface area contributed by atoms with Gasteiger partial charge < -0.3 is 14.4 Å². The Morgan fingerprint density at radius 2 is 1.66 bits per heavy atom. The first kappa shape index (κ1) is 25.3. The van der Waals surface area contributed by atoms with E-state index in [1.165, 1.54) is 5.56 Å². The molecule has 2 aromatic carbocycles. The molecule has 1 fully saturated rings. The number of nitrogens with zero attached hydrogens (tertiary/aromatic N) is 3. The monoisotopic (exact) mass is 513 g/mol. The molecule has 35 heavy (non-hydrogen) atoms. The summed E-state index contributed by atoms with van der Waals surface area (Å²) in [5.74, 6) is 1.13. The average Bonchev–Trinajstić information content (AvgIpc) is 2.85. The quantitative estimate of drug-likeness (QED) is 0.352. The summed E-state index contributed by atoms with van der Waals surface area (Å²) in [5, 5.41) is 1.20. The molecule has 1 aromatic heterocycles. The molecule has 0 radical (unpaired) electrons. The minimum atomic E-state index is -0.329. The van der Waals surface area contributed by atoms with E-state index in [0.717, 1.165) is 44.0 Å². The Balaban J connectivity index is 1.30. The Hall–Kier alpha value is -2.80. The zero-order valence-corrected chi connectivity index (χ0v) is 21.4. The summed E-state index contributed by atoms with van der Waals surface area (Å²) in [6.07, 6.45) is 1.55. The molecule has 1 saturated heterocycles. The fourth-order valence-corrected chi connectivity index (χ4v) is 4.49. The maximum atomic E-state index is 12.5. The van der Waals surface area contributed by atoms with Gasteiger partial charge in [0.25, 0.3) is 0 Å². The van der Waals surface area contributed by atoms with Crippen molar-refractivity contribution < 1.29 is 14.3 Å². The van der Waals surface area contributed by atoms with Gasteiger partial charge in [-0.1, -0.05) is 41.4 Å². The summed E-state index contributed by atoms with van der Waals surface area (Å²) in [6.45, 7) is 8.18. The minimum absolute atomic E-state index is 0.168. The Kier molecular flexibility index (Phi) is 8.50. The number of carbonyl (C=O) groups is 1. The lowest BCUT2D eigenvalue weighted by Gasteiger charge is -2.36. The van der Waals surface area contributed by atoms with Crippen LogP contribution in [0.3, 0.4) is 0 Å². The molecule has 4 rings (SSSR count). The standard InChI is InChI=1S/C27H29Cl2N3O3/c1-19(2)35-27(33)22-5-4-12-30-26(22)32-15-13-31(14-16-32)17-20-8-10-21(11-9-20)34-18-23-24(28)6-3-7-25(23)29/h3-12,19H,13-18H2,1-2H3. The summed E-state index contributed by atoms with van der Waals surface area (Å²) in [6, 6.07) is 17.1. The van der Waals surface area contributed by atoms with E-state index in [-0.39, 0.29) is 12.1 Å². The van der Waals surface area contributed by atoms with Crippen LogP contribution in [0.4, 0.5) is 5.82 Å². The molecule has 2 heterocycles. The van der Waals surface area contributed by atoms with Crippen molar-refractivity contribution in [3.05, 3.63) is 87.5 Å². The van der Waals surface area contributed by atoms with Crippen LogP contribution in [0.15, 0.2) is 60.8 Å². The van der Waals surface area contributed by atoms with Crippen molar-refractivity contribution in [2.75, 3.05) is 31.1 Å². The molecule has 184 valence electrons. The molecule has 0 unspecified atom stereocenters. The number of hydrogen-bond donors (Lipinski definition) is 0. The number of piperazine rings is 1. The van der Waals surface area contributed by atoms with Gasteiger partial charge in [0.15, 0.2) is 0 Å². The third kappa shape index (κ3) is 6.66. The lowest BCUT2D eigenvalue weighted by Crippen LogP contribution is -2.46. The number of pyridine rings is 1. The maximum absolute atomic E-state index is 12.5. The van der Waals surface area contributed by atoms with Crippen LogP contribution in [0.5, 0.6) is 5.75 Å². The molecular formula is C27H29Cl2N3O3. The lowest BCUT2D eigenvalue weighted by molar-refractivity contribution is 0.0378. The molecule has 3 aromatic rings. The topological polar surface area (TPSA) is 54.9 Å². The number of hydrogen-bond acceptors (Lipinski definition) is 6. The molecule has 6 nitrogen and oxygen atoms in total. The molecule has 0 aliphatic carbocycles. The number of anilines is 1. The highest BCUT2D eigenvalue weighted by molar-refractivity contribution is 6.35. The Bertz CT molecular complexity index is 1130. The lowest BCUT2D eigenvalue weighted by atomic mass is 10.1. The zero-order valence-electron chi connectivity index (χ0n) is 19.9. The highest BCUT2D eigenvalue weighted by Crippen LogP contribution is 2.26. The van der Waals surface area contributed by atoms with Gasteiger partial charge in [0.1, 0.15) is 23.7 Å². The third-order valence-corrected chi connectivity index (χ3v) is 6.50. The molecule has 0 N–H and O–H groups in total. The number of esters is 1. The van der Waals surface area contributed by atoms with Gasteiger partial charge in [-0.25, -0.2) is 9.78 Å². The minimum Gasteiger partial charge on any atom is -0.489 e. The summed E-state index contributed by atoms with van der Waals surface area (Å²) in [4.78, 5) is 21.5. The van der Waals surface area contributed by atoms with Crippen molar-refractivity contribution in [3.63, 3.8) is 0 Å². The Labute approximate surface area is 216 Å². The van der Waals surface area contributed by atoms with E-state index in [4.69, 9.17) is 32.7 Å². The van der Waals surface area contributed by atoms with E-state index in [1.807, 2.05) is 32.0 Å². The molecule has 0 bridgehead atoms. The summed E-state index contributed by atoms with van der Waals surface area (Å²) >= 11 is 12.4. The molecule has 0 saturated carbocycles. The Morgan fingerprint density at radius 3 is 2.31 bits per heavy atom. The largest absolute Gasteiger partial charge is 0.489 e. The van der Waals surface area contributed by atoms with E-state index in [0.29, 0.717) is 28.0 Å². The van der Waals surface area contributed by atoms with Crippen LogP contribution in [-0.2, 0) is 17.9 Å². The molecule has 1 aliphatic rings. The zero-order chi connectivity index (χ0) is 24.8. The molecule has 0 atom stereocenters. The van der Waals surface area contributed by atoms with Gasteiger partial charge in [0.2, 0.25) is 0 Å². The molecule has 0 amide bonds. The summed E-state index contributed by atoms with van der Waals surface area (Å²) in [7, 11) is 0. The first-order valence-electron chi connectivity index (χ1n) is 11.7. The fraction of sp³-hybridized carbons (Fsp3) is 0.333. The fourth-order valence-electron chi connectivity index (χ4n) is 3.98. The SMILES string of the molecule is CC(C)OC(=O)c1cccnc1N1CCN(Cc2ccc(OCc3c(Cl)cccc3Cl)cc2)CC1. The highest BCUT2D eigenvalue weighted by Gasteiger charge is 2.23. The number of carbonyl (C=O) groups excluding carboxylic acids is 1. The second-order valence-corrected chi connectivity index (χ2v) is 9.54. The van der Waals surface area contributed by atoms with Crippen LogP contribution in [0.25, 0.3) is 0 Å². The summed E-state index contributed by atoms with van der Waals surface area (Å²) < 4.78 is 11.3. The van der Waals surface area contributed by atoms with Gasteiger partial charge >= 0.3 is 5.97 Å². The molecule has 1 aliphatic heterocycles. The summed E-state index contributed by atoms with van der Waals surface area (Å²) in [5.41, 5.74) is 2.51. The second-order valence-electron chi connectivity index (χ2n) is 8.72. The van der Waals surface area contributed by atoms with Crippen LogP contribution in [0.1, 0.15) is 35.3 Å². The first-order valence-corrected chi connectivity index (χ1v) is 12.4. The Morgan fingerprint density at radius 1 is 0.971 bits per heavy atom. The second kappa shape index (κ2) is 11.8. The molecular weight excluding hydrogens is 485 g/mol. The number of halogens is 2. The van der Waals surface area contributed by atoms with Gasteiger partial charge in [-0.05, 0) is 55.8 Å². The van der Waals surface area contributed by atoms with Crippen LogP contribution >= 0.6 is 23.2 Å². The first-order chi connectivity index (χ1) is 16.9. The van der Waals surface area contributed by atoms with Gasteiger partial charge in [-0.2, -0.15) is 0 Å². The van der Waals surface area contributed by atoms with Crippen molar-refractivity contribution in [2.45, 2.75) is 33.1 Å². The maximum Gasteiger partial charge on any atom is 0.342 e. The van der Waals surface area contributed by atoms with Gasteiger partial charge in [-0.15, -0.1) is 0 Å². The van der Waals surface area contributed by atoms with Crippen LogP contribution in [-0.4, -0.2) is 48.1 Å². The third-order valence-electron chi connectivity index (χ3n) is 5.80. The van der Waals surface area contributed by atoms with Crippen molar-refractivity contribution in [1.82, 2.24) is 9.88 Å². The van der Waals surface area contributed by atoms with Crippen LogP contribution in [0.2, 0.25) is 10.0 Å². The van der Waals surface area contributed by atoms with Crippen molar-refractivity contribution in [3.8, 4) is 5.75 Å². The number of benzene rings is 2. The number of ether oxygens (including phenoxy) is 2.